The van der Waals surface area contributed by atoms with Gasteiger partial charge in [-0.3, -0.25) is 14.5 Å². The molecule has 30 heavy (non-hydrogen) atoms. The maximum absolute atomic E-state index is 12.7. The van der Waals surface area contributed by atoms with E-state index >= 15 is 0 Å². The highest BCUT2D eigenvalue weighted by atomic mass is 35.5. The number of anilines is 1. The molecule has 8 heteroatoms. The zero-order valence-corrected chi connectivity index (χ0v) is 18.1. The van der Waals surface area contributed by atoms with Crippen molar-refractivity contribution in [2.24, 2.45) is 0 Å². The number of carbonyl (C=O) groups is 2. The Bertz CT molecular complexity index is 884. The molecule has 0 aromatic heterocycles. The summed E-state index contributed by atoms with van der Waals surface area (Å²) in [6.07, 6.45) is 0.820. The zero-order valence-electron chi connectivity index (χ0n) is 16.6. The first-order valence-electron chi connectivity index (χ1n) is 9.74. The summed E-state index contributed by atoms with van der Waals surface area (Å²) < 4.78 is 5.61. The van der Waals surface area contributed by atoms with Crippen molar-refractivity contribution in [1.82, 2.24) is 4.90 Å². The molecule has 2 aromatic carbocycles. The van der Waals surface area contributed by atoms with E-state index in [1.165, 1.54) is 6.92 Å². The molecule has 3 rings (SSSR count). The second-order valence-electron chi connectivity index (χ2n) is 7.35. The second kappa shape index (κ2) is 10.3. The molecule has 2 atom stereocenters. The molecule has 6 nitrogen and oxygen atoms in total. The number of hydrogen-bond donors (Lipinski definition) is 2. The number of nitrogens with zero attached hydrogens (tertiary/aromatic N) is 1. The number of ketones is 1. The van der Waals surface area contributed by atoms with Crippen molar-refractivity contribution in [2.45, 2.75) is 31.9 Å². The van der Waals surface area contributed by atoms with Crippen molar-refractivity contribution in [3.05, 3.63) is 58.1 Å². The molecule has 2 unspecified atom stereocenters. The minimum absolute atomic E-state index is 0.0139. The van der Waals surface area contributed by atoms with Gasteiger partial charge in [0.2, 0.25) is 5.91 Å². The van der Waals surface area contributed by atoms with Crippen LogP contribution in [-0.4, -0.2) is 53.5 Å². The van der Waals surface area contributed by atoms with E-state index in [4.69, 9.17) is 27.9 Å². The van der Waals surface area contributed by atoms with Crippen LogP contribution in [0.5, 0.6) is 5.75 Å². The molecular weight excluding hydrogens is 427 g/mol. The van der Waals surface area contributed by atoms with Gasteiger partial charge in [-0.15, -0.1) is 0 Å². The van der Waals surface area contributed by atoms with Crippen LogP contribution in [0.15, 0.2) is 42.5 Å². The lowest BCUT2D eigenvalue weighted by Gasteiger charge is -2.26. The number of benzene rings is 2. The van der Waals surface area contributed by atoms with Gasteiger partial charge in [-0.05, 0) is 68.8 Å². The Morgan fingerprint density at radius 3 is 2.50 bits per heavy atom. The van der Waals surface area contributed by atoms with Crippen LogP contribution in [0.2, 0.25) is 10.0 Å². The molecule has 0 saturated carbocycles. The van der Waals surface area contributed by atoms with E-state index in [9.17, 15) is 14.7 Å². The third-order valence-electron chi connectivity index (χ3n) is 4.94. The van der Waals surface area contributed by atoms with Gasteiger partial charge in [-0.25, -0.2) is 0 Å². The summed E-state index contributed by atoms with van der Waals surface area (Å²) in [6, 6.07) is 11.3. The van der Waals surface area contributed by atoms with Gasteiger partial charge < -0.3 is 15.2 Å². The van der Waals surface area contributed by atoms with Crippen molar-refractivity contribution < 1.29 is 19.4 Å². The fourth-order valence-corrected chi connectivity index (χ4v) is 4.02. The number of nitrogens with one attached hydrogen (secondary N) is 1. The van der Waals surface area contributed by atoms with Crippen LogP contribution in [0.25, 0.3) is 0 Å². The molecule has 1 heterocycles. The lowest BCUT2D eigenvalue weighted by molar-refractivity contribution is -0.120. The number of β-amino-alcohol motifs (C(OH)–C–C–N with tert-alkyl or cyclic N) is 1. The fourth-order valence-electron chi connectivity index (χ4n) is 3.49. The molecule has 0 radical (unpaired) electrons. The van der Waals surface area contributed by atoms with Gasteiger partial charge in [0.05, 0.1) is 6.04 Å². The lowest BCUT2D eigenvalue weighted by atomic mass is 10.1. The van der Waals surface area contributed by atoms with Crippen LogP contribution in [0, 0.1) is 0 Å². The predicted molar refractivity (Wildman–Crippen MR) is 118 cm³/mol. The minimum atomic E-state index is -0.758. The average Bonchev–Trinajstić information content (AvgIpc) is 3.14. The molecular formula is C22H24Cl2N2O4. The summed E-state index contributed by atoms with van der Waals surface area (Å²) in [4.78, 5) is 26.0. The number of rotatable bonds is 8. The summed E-state index contributed by atoms with van der Waals surface area (Å²) in [5.74, 6) is 0.409. The van der Waals surface area contributed by atoms with E-state index in [0.29, 0.717) is 40.0 Å². The Kier molecular flexibility index (Phi) is 7.72. The Balaban J connectivity index is 1.52. The first kappa shape index (κ1) is 22.6. The molecule has 1 aliphatic rings. The smallest absolute Gasteiger partial charge is 0.241 e. The number of aliphatic hydroxyl groups is 1. The molecule has 2 aromatic rings. The highest BCUT2D eigenvalue weighted by molar-refractivity contribution is 6.35. The SMILES string of the molecule is CC(=O)c1ccc(OCC(O)CN2CCCC2C(=O)Nc2cc(Cl)cc(Cl)c2)cc1. The second-order valence-corrected chi connectivity index (χ2v) is 8.22. The van der Waals surface area contributed by atoms with E-state index in [0.717, 1.165) is 13.0 Å². The quantitative estimate of drug-likeness (QED) is 0.593. The van der Waals surface area contributed by atoms with Crippen LogP contribution < -0.4 is 10.1 Å². The van der Waals surface area contributed by atoms with Crippen molar-refractivity contribution in [3.8, 4) is 5.75 Å². The van der Waals surface area contributed by atoms with Crippen LogP contribution in [-0.2, 0) is 4.79 Å². The van der Waals surface area contributed by atoms with Gasteiger partial charge in [0.15, 0.2) is 5.78 Å². The predicted octanol–water partition coefficient (Wildman–Crippen LogP) is 4.04. The highest BCUT2D eigenvalue weighted by Gasteiger charge is 2.32. The maximum Gasteiger partial charge on any atom is 0.241 e. The standard InChI is InChI=1S/C22H24Cl2N2O4/c1-14(27)15-4-6-20(7-5-15)30-13-19(28)12-26-8-2-3-21(26)22(29)25-18-10-16(23)9-17(24)11-18/h4-7,9-11,19,21,28H,2-3,8,12-13H2,1H3,(H,25,29). The van der Waals surface area contributed by atoms with Crippen LogP contribution >= 0.6 is 23.2 Å². The number of ether oxygens (including phenoxy) is 1. The molecule has 160 valence electrons. The van der Waals surface area contributed by atoms with Crippen molar-refractivity contribution >= 4 is 40.6 Å². The third kappa shape index (κ3) is 6.19. The van der Waals surface area contributed by atoms with E-state index < -0.39 is 6.10 Å². The number of amides is 1. The topological polar surface area (TPSA) is 78.9 Å². The molecule has 2 N–H and O–H groups in total. The van der Waals surface area contributed by atoms with Gasteiger partial charge in [0, 0.05) is 27.8 Å². The fraction of sp³-hybridized carbons (Fsp3) is 0.364. The highest BCUT2D eigenvalue weighted by Crippen LogP contribution is 2.24. The van der Waals surface area contributed by atoms with Gasteiger partial charge >= 0.3 is 0 Å². The largest absolute Gasteiger partial charge is 0.491 e. The normalized spacial score (nSPS) is 17.5. The molecule has 1 aliphatic heterocycles. The van der Waals surface area contributed by atoms with Crippen molar-refractivity contribution in [2.75, 3.05) is 25.0 Å². The van der Waals surface area contributed by atoms with Crippen LogP contribution in [0.1, 0.15) is 30.1 Å². The molecule has 1 amide bonds. The summed E-state index contributed by atoms with van der Waals surface area (Å²) in [5, 5.41) is 14.1. The Morgan fingerprint density at radius 1 is 1.20 bits per heavy atom. The summed E-state index contributed by atoms with van der Waals surface area (Å²) in [5.41, 5.74) is 1.15. The molecule has 0 aliphatic carbocycles. The number of Topliss-reactive ketones (excluding diaryl/α,β-unsaturated/α-hetero) is 1. The van der Waals surface area contributed by atoms with E-state index in [1.54, 1.807) is 42.5 Å². The Labute approximate surface area is 185 Å². The third-order valence-corrected chi connectivity index (χ3v) is 5.38. The zero-order chi connectivity index (χ0) is 21.7. The van der Waals surface area contributed by atoms with Crippen molar-refractivity contribution in [1.29, 1.82) is 0 Å². The van der Waals surface area contributed by atoms with Crippen LogP contribution in [0.4, 0.5) is 5.69 Å². The van der Waals surface area contributed by atoms with E-state index in [-0.39, 0.29) is 24.3 Å². The molecule has 1 fully saturated rings. The van der Waals surface area contributed by atoms with E-state index in [2.05, 4.69) is 5.32 Å². The number of likely N-dealkylation sites (tertiary alicyclic amines) is 1. The summed E-state index contributed by atoms with van der Waals surface area (Å²) in [7, 11) is 0. The molecule has 1 saturated heterocycles. The Hall–Kier alpha value is -2.12. The number of aliphatic hydroxyl groups excluding tert-OH is 1. The lowest BCUT2D eigenvalue weighted by Crippen LogP contribution is -2.44. The van der Waals surface area contributed by atoms with Crippen LogP contribution in [0.3, 0.4) is 0 Å². The Morgan fingerprint density at radius 2 is 1.87 bits per heavy atom. The summed E-state index contributed by atoms with van der Waals surface area (Å²) >= 11 is 12.0. The first-order valence-corrected chi connectivity index (χ1v) is 10.5. The van der Waals surface area contributed by atoms with Gasteiger partial charge in [-0.2, -0.15) is 0 Å². The van der Waals surface area contributed by atoms with Gasteiger partial charge in [0.25, 0.3) is 0 Å². The maximum atomic E-state index is 12.7. The molecule has 0 spiro atoms. The number of halogens is 2. The first-order chi connectivity index (χ1) is 14.3. The van der Waals surface area contributed by atoms with Gasteiger partial charge in [-0.1, -0.05) is 23.2 Å². The number of hydrogen-bond acceptors (Lipinski definition) is 5. The minimum Gasteiger partial charge on any atom is -0.491 e. The van der Waals surface area contributed by atoms with E-state index in [1.807, 2.05) is 4.90 Å². The average molecular weight is 451 g/mol. The number of carbonyl (C=O) groups excluding carboxylic acids is 2. The van der Waals surface area contributed by atoms with Crippen molar-refractivity contribution in [3.63, 3.8) is 0 Å². The van der Waals surface area contributed by atoms with Gasteiger partial charge in [0.1, 0.15) is 18.5 Å². The summed E-state index contributed by atoms with van der Waals surface area (Å²) in [6.45, 7) is 2.63. The molecule has 0 bridgehead atoms. The monoisotopic (exact) mass is 450 g/mol.